The first-order valence-corrected chi connectivity index (χ1v) is 10.8. The van der Waals surface area contributed by atoms with Gasteiger partial charge in [0.25, 0.3) is 11.8 Å². The first kappa shape index (κ1) is 21.0. The third kappa shape index (κ3) is 4.58. The molecule has 0 aliphatic carbocycles. The molecule has 2 aliphatic heterocycles. The lowest BCUT2D eigenvalue weighted by Crippen LogP contribution is -2.52. The standard InChI is InChI=1S/C25H28N2O4/c1-18-10-12-21(30-2)19(16-18)11-13-24(28)27-17-23(25(29)26-14-6-3-7-15-26)31-22-9-5-4-8-20(22)27/h4-5,8-13,16,23H,3,6-7,14-15,17H2,1-2H3/b13-11+/t23-/m1/s1. The van der Waals surface area contributed by atoms with Crippen molar-refractivity contribution in [3.8, 4) is 11.5 Å². The topological polar surface area (TPSA) is 59.1 Å². The fourth-order valence-corrected chi connectivity index (χ4v) is 4.12. The van der Waals surface area contributed by atoms with Crippen molar-refractivity contribution in [1.82, 2.24) is 4.90 Å². The van der Waals surface area contributed by atoms with Crippen LogP contribution in [0, 0.1) is 6.92 Å². The molecule has 0 radical (unpaired) electrons. The smallest absolute Gasteiger partial charge is 0.265 e. The van der Waals surface area contributed by atoms with Gasteiger partial charge < -0.3 is 19.3 Å². The number of aryl methyl sites for hydroxylation is 1. The summed E-state index contributed by atoms with van der Waals surface area (Å²) >= 11 is 0. The van der Waals surface area contributed by atoms with Gasteiger partial charge in [-0.25, -0.2) is 0 Å². The number of fused-ring (bicyclic) bond motifs is 1. The molecule has 6 nitrogen and oxygen atoms in total. The fraction of sp³-hybridized carbons (Fsp3) is 0.360. The number of methoxy groups -OCH3 is 1. The first-order valence-electron chi connectivity index (χ1n) is 10.8. The third-order valence-electron chi connectivity index (χ3n) is 5.77. The molecule has 162 valence electrons. The Kier molecular flexibility index (Phi) is 6.26. The van der Waals surface area contributed by atoms with E-state index in [9.17, 15) is 9.59 Å². The van der Waals surface area contributed by atoms with Gasteiger partial charge in [0.2, 0.25) is 0 Å². The number of hydrogen-bond acceptors (Lipinski definition) is 4. The lowest BCUT2D eigenvalue weighted by Gasteiger charge is -2.37. The number of benzene rings is 2. The molecule has 1 fully saturated rings. The number of carbonyl (C=O) groups is 2. The van der Waals surface area contributed by atoms with Gasteiger partial charge >= 0.3 is 0 Å². The van der Waals surface area contributed by atoms with Gasteiger partial charge in [-0.1, -0.05) is 23.8 Å². The molecule has 31 heavy (non-hydrogen) atoms. The number of anilines is 1. The molecule has 0 bridgehead atoms. The number of nitrogens with zero attached hydrogens (tertiary/aromatic N) is 2. The van der Waals surface area contributed by atoms with Gasteiger partial charge in [-0.15, -0.1) is 0 Å². The average molecular weight is 421 g/mol. The molecule has 4 rings (SSSR count). The van der Waals surface area contributed by atoms with Crippen LogP contribution in [0.1, 0.15) is 30.4 Å². The molecule has 1 saturated heterocycles. The van der Waals surface area contributed by atoms with E-state index in [1.807, 2.05) is 48.2 Å². The number of rotatable bonds is 4. The minimum absolute atomic E-state index is 0.0451. The SMILES string of the molecule is COc1ccc(C)cc1/C=C/C(=O)N1C[C@H](C(=O)N2CCCCC2)Oc2ccccc21. The highest BCUT2D eigenvalue weighted by Crippen LogP contribution is 2.34. The van der Waals surface area contributed by atoms with Crippen molar-refractivity contribution in [2.45, 2.75) is 32.3 Å². The van der Waals surface area contributed by atoms with Crippen LogP contribution in [0.2, 0.25) is 0 Å². The van der Waals surface area contributed by atoms with Crippen molar-refractivity contribution in [2.75, 3.05) is 31.6 Å². The zero-order valence-electron chi connectivity index (χ0n) is 18.0. The van der Waals surface area contributed by atoms with E-state index < -0.39 is 6.10 Å². The summed E-state index contributed by atoms with van der Waals surface area (Å²) < 4.78 is 11.4. The quantitative estimate of drug-likeness (QED) is 0.706. The van der Waals surface area contributed by atoms with E-state index in [0.29, 0.717) is 17.2 Å². The normalized spacial score (nSPS) is 18.5. The van der Waals surface area contributed by atoms with Gasteiger partial charge in [0.05, 0.1) is 19.3 Å². The Hall–Kier alpha value is -3.28. The molecule has 1 atom stereocenters. The summed E-state index contributed by atoms with van der Waals surface area (Å²) in [5.41, 5.74) is 2.59. The van der Waals surface area contributed by atoms with Crippen molar-refractivity contribution in [2.24, 2.45) is 0 Å². The Labute approximate surface area is 183 Å². The predicted octanol–water partition coefficient (Wildman–Crippen LogP) is 3.82. The number of piperidine rings is 1. The van der Waals surface area contributed by atoms with Crippen LogP contribution in [0.4, 0.5) is 5.69 Å². The van der Waals surface area contributed by atoms with Crippen LogP contribution in [-0.4, -0.2) is 49.6 Å². The summed E-state index contributed by atoms with van der Waals surface area (Å²) in [5, 5.41) is 0. The number of para-hydroxylation sites is 2. The molecule has 0 unspecified atom stereocenters. The van der Waals surface area contributed by atoms with Crippen LogP contribution in [0.15, 0.2) is 48.5 Å². The zero-order valence-corrected chi connectivity index (χ0v) is 18.0. The summed E-state index contributed by atoms with van der Waals surface area (Å²) in [6.45, 7) is 3.69. The minimum atomic E-state index is -0.696. The third-order valence-corrected chi connectivity index (χ3v) is 5.77. The van der Waals surface area contributed by atoms with E-state index in [1.165, 1.54) is 6.08 Å². The van der Waals surface area contributed by atoms with Crippen molar-refractivity contribution in [3.63, 3.8) is 0 Å². The summed E-state index contributed by atoms with van der Waals surface area (Å²) in [6.07, 6.45) is 5.77. The molecular weight excluding hydrogens is 392 g/mol. The monoisotopic (exact) mass is 420 g/mol. The Balaban J connectivity index is 1.58. The van der Waals surface area contributed by atoms with E-state index in [0.717, 1.165) is 43.5 Å². The van der Waals surface area contributed by atoms with Crippen molar-refractivity contribution in [3.05, 3.63) is 59.7 Å². The maximum absolute atomic E-state index is 13.2. The van der Waals surface area contributed by atoms with Gasteiger partial charge in [0.1, 0.15) is 11.5 Å². The molecule has 0 aromatic heterocycles. The van der Waals surface area contributed by atoms with Gasteiger partial charge in [0, 0.05) is 24.7 Å². The molecule has 2 amide bonds. The zero-order chi connectivity index (χ0) is 21.8. The van der Waals surface area contributed by atoms with Crippen LogP contribution in [-0.2, 0) is 9.59 Å². The van der Waals surface area contributed by atoms with Crippen LogP contribution < -0.4 is 14.4 Å². The second kappa shape index (κ2) is 9.25. The number of amides is 2. The summed E-state index contributed by atoms with van der Waals surface area (Å²) in [5.74, 6) is 1.02. The van der Waals surface area contributed by atoms with Crippen LogP contribution in [0.25, 0.3) is 6.08 Å². The van der Waals surface area contributed by atoms with Crippen molar-refractivity contribution < 1.29 is 19.1 Å². The summed E-state index contributed by atoms with van der Waals surface area (Å²) in [6, 6.07) is 13.2. The molecule has 2 aromatic rings. The summed E-state index contributed by atoms with van der Waals surface area (Å²) in [4.78, 5) is 29.7. The second-order valence-corrected chi connectivity index (χ2v) is 7.99. The Morgan fingerprint density at radius 3 is 2.65 bits per heavy atom. The average Bonchev–Trinajstić information content (AvgIpc) is 2.82. The van der Waals surface area contributed by atoms with Gasteiger partial charge in [0.15, 0.2) is 6.10 Å². The highest BCUT2D eigenvalue weighted by atomic mass is 16.5. The highest BCUT2D eigenvalue weighted by Gasteiger charge is 2.35. The highest BCUT2D eigenvalue weighted by molar-refractivity contribution is 6.06. The number of ether oxygens (including phenoxy) is 2. The number of hydrogen-bond donors (Lipinski definition) is 0. The molecule has 0 N–H and O–H groups in total. The van der Waals surface area contributed by atoms with Gasteiger partial charge in [-0.05, 0) is 56.5 Å². The van der Waals surface area contributed by atoms with Crippen LogP contribution in [0.3, 0.4) is 0 Å². The first-order chi connectivity index (χ1) is 15.1. The van der Waals surface area contributed by atoms with Crippen LogP contribution in [0.5, 0.6) is 11.5 Å². The lowest BCUT2D eigenvalue weighted by molar-refractivity contribution is -0.139. The largest absolute Gasteiger partial charge is 0.496 e. The fourth-order valence-electron chi connectivity index (χ4n) is 4.12. The molecule has 2 aliphatic rings. The van der Waals surface area contributed by atoms with Crippen molar-refractivity contribution >= 4 is 23.6 Å². The molecular formula is C25H28N2O4. The molecule has 6 heteroatoms. The van der Waals surface area contributed by atoms with E-state index >= 15 is 0 Å². The van der Waals surface area contributed by atoms with Crippen LogP contribution >= 0.6 is 0 Å². The minimum Gasteiger partial charge on any atom is -0.496 e. The van der Waals surface area contributed by atoms with Gasteiger partial charge in [-0.3, -0.25) is 9.59 Å². The predicted molar refractivity (Wildman–Crippen MR) is 120 cm³/mol. The Morgan fingerprint density at radius 1 is 1.10 bits per heavy atom. The lowest BCUT2D eigenvalue weighted by atomic mass is 10.1. The van der Waals surface area contributed by atoms with E-state index in [1.54, 1.807) is 24.2 Å². The number of carbonyl (C=O) groups excluding carboxylic acids is 2. The van der Waals surface area contributed by atoms with Gasteiger partial charge in [-0.2, -0.15) is 0 Å². The molecule has 2 aromatic carbocycles. The molecule has 0 saturated carbocycles. The van der Waals surface area contributed by atoms with E-state index in [2.05, 4.69) is 0 Å². The Morgan fingerprint density at radius 2 is 1.87 bits per heavy atom. The maximum Gasteiger partial charge on any atom is 0.265 e. The van der Waals surface area contributed by atoms with E-state index in [4.69, 9.17) is 9.47 Å². The summed E-state index contributed by atoms with van der Waals surface area (Å²) in [7, 11) is 1.61. The van der Waals surface area contributed by atoms with Crippen molar-refractivity contribution in [1.29, 1.82) is 0 Å². The van der Waals surface area contributed by atoms with E-state index in [-0.39, 0.29) is 18.4 Å². The number of likely N-dealkylation sites (tertiary alicyclic amines) is 1. The molecule has 0 spiro atoms. The Bertz CT molecular complexity index is 995. The second-order valence-electron chi connectivity index (χ2n) is 7.99. The maximum atomic E-state index is 13.2. The molecule has 2 heterocycles.